The zero-order valence-electron chi connectivity index (χ0n) is 12.6. The molecule has 110 valence electrons. The van der Waals surface area contributed by atoms with Crippen LogP contribution in [-0.2, 0) is 6.54 Å². The van der Waals surface area contributed by atoms with E-state index < -0.39 is 6.10 Å². The van der Waals surface area contributed by atoms with Gasteiger partial charge in [-0.3, -0.25) is 0 Å². The van der Waals surface area contributed by atoms with Crippen LogP contribution >= 0.6 is 0 Å². The SMILES string of the molecule is Cc1cc2ncn(CC(O)CC3(C#N)CCC3)c2cc1C. The Morgan fingerprint density at radius 2 is 2.10 bits per heavy atom. The third kappa shape index (κ3) is 2.54. The molecule has 0 radical (unpaired) electrons. The first-order valence-electron chi connectivity index (χ1n) is 7.54. The summed E-state index contributed by atoms with van der Waals surface area (Å²) in [5.41, 5.74) is 4.18. The van der Waals surface area contributed by atoms with Gasteiger partial charge in [0.25, 0.3) is 0 Å². The second-order valence-electron chi connectivity index (χ2n) is 6.43. The molecule has 0 aliphatic heterocycles. The second kappa shape index (κ2) is 5.16. The van der Waals surface area contributed by atoms with E-state index in [2.05, 4.69) is 37.0 Å². The summed E-state index contributed by atoms with van der Waals surface area (Å²) in [6.07, 6.45) is 4.80. The minimum absolute atomic E-state index is 0.289. The summed E-state index contributed by atoms with van der Waals surface area (Å²) in [6, 6.07) is 6.59. The van der Waals surface area contributed by atoms with Gasteiger partial charge >= 0.3 is 0 Å². The summed E-state index contributed by atoms with van der Waals surface area (Å²) in [6.45, 7) is 4.67. The molecule has 1 N–H and O–H groups in total. The molecule has 1 heterocycles. The summed E-state index contributed by atoms with van der Waals surface area (Å²) in [7, 11) is 0. The van der Waals surface area contributed by atoms with Crippen LogP contribution in [0.25, 0.3) is 11.0 Å². The molecular weight excluding hydrogens is 262 g/mol. The monoisotopic (exact) mass is 283 g/mol. The molecule has 0 amide bonds. The Morgan fingerprint density at radius 1 is 1.38 bits per heavy atom. The van der Waals surface area contributed by atoms with E-state index in [-0.39, 0.29) is 5.41 Å². The lowest BCUT2D eigenvalue weighted by Gasteiger charge is -2.36. The lowest BCUT2D eigenvalue weighted by atomic mass is 9.67. The lowest BCUT2D eigenvalue weighted by molar-refractivity contribution is 0.0698. The number of aryl methyl sites for hydroxylation is 2. The number of aliphatic hydroxyl groups excluding tert-OH is 1. The largest absolute Gasteiger partial charge is 0.391 e. The van der Waals surface area contributed by atoms with Gasteiger partial charge in [-0.1, -0.05) is 6.42 Å². The van der Waals surface area contributed by atoms with E-state index in [1.54, 1.807) is 6.33 Å². The molecule has 1 aromatic heterocycles. The molecule has 1 aliphatic rings. The maximum atomic E-state index is 10.3. The fourth-order valence-electron chi connectivity index (χ4n) is 3.17. The fourth-order valence-corrected chi connectivity index (χ4v) is 3.17. The standard InChI is InChI=1S/C17H21N3O/c1-12-6-15-16(7-13(12)2)20(11-19-15)9-14(21)8-17(10-18)4-3-5-17/h6-7,11,14,21H,3-5,8-9H2,1-2H3. The Bertz CT molecular complexity index is 707. The van der Waals surface area contributed by atoms with Crippen LogP contribution in [0.2, 0.25) is 0 Å². The highest BCUT2D eigenvalue weighted by Gasteiger charge is 2.38. The molecule has 1 aliphatic carbocycles. The molecule has 1 fully saturated rings. The molecule has 0 spiro atoms. The van der Waals surface area contributed by atoms with Crippen molar-refractivity contribution in [1.29, 1.82) is 5.26 Å². The van der Waals surface area contributed by atoms with Gasteiger partial charge in [-0.15, -0.1) is 0 Å². The lowest BCUT2D eigenvalue weighted by Crippen LogP contribution is -2.33. The van der Waals surface area contributed by atoms with E-state index in [1.165, 1.54) is 11.1 Å². The number of aliphatic hydroxyl groups is 1. The topological polar surface area (TPSA) is 61.8 Å². The van der Waals surface area contributed by atoms with Gasteiger partial charge in [0.2, 0.25) is 0 Å². The highest BCUT2D eigenvalue weighted by Crippen LogP contribution is 2.44. The molecular formula is C17H21N3O. The maximum Gasteiger partial charge on any atom is 0.0959 e. The molecule has 2 aromatic rings. The van der Waals surface area contributed by atoms with Gasteiger partial charge in [-0.2, -0.15) is 5.26 Å². The van der Waals surface area contributed by atoms with Crippen LogP contribution in [0.5, 0.6) is 0 Å². The number of nitriles is 1. The van der Waals surface area contributed by atoms with Gasteiger partial charge in [-0.25, -0.2) is 4.98 Å². The third-order valence-corrected chi connectivity index (χ3v) is 4.82. The average Bonchev–Trinajstić information content (AvgIpc) is 2.77. The van der Waals surface area contributed by atoms with Gasteiger partial charge in [0.1, 0.15) is 0 Å². The Balaban J connectivity index is 1.79. The van der Waals surface area contributed by atoms with Gasteiger partial charge < -0.3 is 9.67 Å². The van der Waals surface area contributed by atoms with Crippen molar-refractivity contribution in [1.82, 2.24) is 9.55 Å². The first kappa shape index (κ1) is 14.1. The van der Waals surface area contributed by atoms with Gasteiger partial charge in [0, 0.05) is 0 Å². The summed E-state index contributed by atoms with van der Waals surface area (Å²) < 4.78 is 2.00. The summed E-state index contributed by atoms with van der Waals surface area (Å²) in [5.74, 6) is 0. The van der Waals surface area contributed by atoms with Crippen molar-refractivity contribution < 1.29 is 5.11 Å². The highest BCUT2D eigenvalue weighted by molar-refractivity contribution is 5.77. The molecule has 1 atom stereocenters. The summed E-state index contributed by atoms with van der Waals surface area (Å²) in [5, 5.41) is 19.6. The van der Waals surface area contributed by atoms with Crippen LogP contribution < -0.4 is 0 Å². The molecule has 4 heteroatoms. The Kier molecular flexibility index (Phi) is 3.46. The summed E-state index contributed by atoms with van der Waals surface area (Å²) >= 11 is 0. The van der Waals surface area contributed by atoms with Crippen LogP contribution in [0.15, 0.2) is 18.5 Å². The minimum atomic E-state index is -0.496. The van der Waals surface area contributed by atoms with Crippen LogP contribution in [0.4, 0.5) is 0 Å². The predicted octanol–water partition coefficient (Wildman–Crippen LogP) is 3.10. The third-order valence-electron chi connectivity index (χ3n) is 4.82. The molecule has 21 heavy (non-hydrogen) atoms. The van der Waals surface area contributed by atoms with Crippen molar-refractivity contribution >= 4 is 11.0 Å². The number of imidazole rings is 1. The highest BCUT2D eigenvalue weighted by atomic mass is 16.3. The van der Waals surface area contributed by atoms with E-state index in [9.17, 15) is 10.4 Å². The average molecular weight is 283 g/mol. The number of hydrogen-bond acceptors (Lipinski definition) is 3. The van der Waals surface area contributed by atoms with Crippen molar-refractivity contribution in [2.24, 2.45) is 5.41 Å². The van der Waals surface area contributed by atoms with Gasteiger partial charge in [0.15, 0.2) is 0 Å². The Morgan fingerprint density at radius 3 is 2.71 bits per heavy atom. The molecule has 3 rings (SSSR count). The van der Waals surface area contributed by atoms with Crippen LogP contribution in [0.1, 0.15) is 36.8 Å². The number of nitrogens with zero attached hydrogens (tertiary/aromatic N) is 3. The number of benzene rings is 1. The van der Waals surface area contributed by atoms with Crippen molar-refractivity contribution in [2.45, 2.75) is 52.2 Å². The van der Waals surface area contributed by atoms with Gasteiger partial charge in [0.05, 0.1) is 41.5 Å². The van der Waals surface area contributed by atoms with E-state index in [4.69, 9.17) is 0 Å². The van der Waals surface area contributed by atoms with E-state index in [0.29, 0.717) is 13.0 Å². The molecule has 1 saturated carbocycles. The van der Waals surface area contributed by atoms with Crippen LogP contribution in [-0.4, -0.2) is 20.8 Å². The molecule has 1 unspecified atom stereocenters. The number of hydrogen-bond donors (Lipinski definition) is 1. The normalized spacial score (nSPS) is 18.2. The second-order valence-corrected chi connectivity index (χ2v) is 6.43. The zero-order chi connectivity index (χ0) is 15.0. The first-order valence-corrected chi connectivity index (χ1v) is 7.54. The van der Waals surface area contributed by atoms with E-state index in [0.717, 1.165) is 30.3 Å². The minimum Gasteiger partial charge on any atom is -0.391 e. The molecule has 0 saturated heterocycles. The molecule has 4 nitrogen and oxygen atoms in total. The smallest absolute Gasteiger partial charge is 0.0959 e. The van der Waals surface area contributed by atoms with Crippen molar-refractivity contribution in [3.05, 3.63) is 29.6 Å². The number of rotatable bonds is 4. The van der Waals surface area contributed by atoms with Crippen LogP contribution in [0.3, 0.4) is 0 Å². The van der Waals surface area contributed by atoms with Gasteiger partial charge in [-0.05, 0) is 56.4 Å². The van der Waals surface area contributed by atoms with E-state index >= 15 is 0 Å². The van der Waals surface area contributed by atoms with Crippen LogP contribution in [0, 0.1) is 30.6 Å². The van der Waals surface area contributed by atoms with Crippen molar-refractivity contribution in [3.63, 3.8) is 0 Å². The molecule has 0 bridgehead atoms. The van der Waals surface area contributed by atoms with Crippen molar-refractivity contribution in [2.75, 3.05) is 0 Å². The Labute approximate surface area is 125 Å². The number of aromatic nitrogens is 2. The number of fused-ring (bicyclic) bond motifs is 1. The predicted molar refractivity (Wildman–Crippen MR) is 81.7 cm³/mol. The quantitative estimate of drug-likeness (QED) is 0.937. The van der Waals surface area contributed by atoms with Crippen molar-refractivity contribution in [3.8, 4) is 6.07 Å². The fraction of sp³-hybridized carbons (Fsp3) is 0.529. The summed E-state index contributed by atoms with van der Waals surface area (Å²) in [4.78, 5) is 4.41. The maximum absolute atomic E-state index is 10.3. The van der Waals surface area contributed by atoms with E-state index in [1.807, 2.05) is 4.57 Å². The Hall–Kier alpha value is -1.86. The first-order chi connectivity index (χ1) is 10.0. The zero-order valence-corrected chi connectivity index (χ0v) is 12.6. The molecule has 1 aromatic carbocycles.